The molecule has 1 rings (SSSR count). The summed E-state index contributed by atoms with van der Waals surface area (Å²) in [6.45, 7) is 19.1. The van der Waals surface area contributed by atoms with Gasteiger partial charge in [0.1, 0.15) is 5.01 Å². The number of esters is 1. The van der Waals surface area contributed by atoms with E-state index in [0.717, 1.165) is 18.0 Å². The maximum atomic E-state index is 11.9. The average molecular weight is 457 g/mol. The van der Waals surface area contributed by atoms with Crippen molar-refractivity contribution >= 4 is 25.6 Å². The molecule has 0 aliphatic heterocycles. The van der Waals surface area contributed by atoms with Crippen molar-refractivity contribution in [2.45, 2.75) is 104 Å². The van der Waals surface area contributed by atoms with Gasteiger partial charge in [0.25, 0.3) is 0 Å². The minimum atomic E-state index is -2.00. The molecule has 0 amide bonds. The molecule has 1 aromatic rings. The molecule has 0 fully saturated rings. The van der Waals surface area contributed by atoms with E-state index in [1.807, 2.05) is 0 Å². The van der Waals surface area contributed by atoms with Gasteiger partial charge < -0.3 is 14.5 Å². The van der Waals surface area contributed by atoms with Crippen molar-refractivity contribution in [1.82, 2.24) is 10.3 Å². The van der Waals surface area contributed by atoms with E-state index >= 15 is 0 Å². The molecular formula is C23H44N2O3SSi. The van der Waals surface area contributed by atoms with Crippen molar-refractivity contribution in [2.75, 3.05) is 13.7 Å². The van der Waals surface area contributed by atoms with E-state index in [-0.39, 0.29) is 11.1 Å². The summed E-state index contributed by atoms with van der Waals surface area (Å²) in [6.07, 6.45) is 5.75. The summed E-state index contributed by atoms with van der Waals surface area (Å²) in [6, 6.07) is 0.340. The van der Waals surface area contributed by atoms with Gasteiger partial charge in [0.15, 0.2) is 14.0 Å². The second kappa shape index (κ2) is 12.3. The van der Waals surface area contributed by atoms with E-state index < -0.39 is 14.3 Å². The van der Waals surface area contributed by atoms with Gasteiger partial charge in [-0.3, -0.25) is 0 Å². The Morgan fingerprint density at radius 3 is 2.43 bits per heavy atom. The van der Waals surface area contributed by atoms with Crippen LogP contribution in [0.1, 0.15) is 95.2 Å². The number of carbonyl (C=O) groups excluding carboxylic acids is 1. The Morgan fingerprint density at radius 1 is 1.23 bits per heavy atom. The first-order valence-electron chi connectivity index (χ1n) is 11.4. The van der Waals surface area contributed by atoms with Gasteiger partial charge in [-0.05, 0) is 43.4 Å². The smallest absolute Gasteiger partial charge is 0.357 e. The van der Waals surface area contributed by atoms with E-state index in [1.165, 1.54) is 44.1 Å². The summed E-state index contributed by atoms with van der Waals surface area (Å²) in [5, 5.41) is 6.53. The molecule has 2 atom stereocenters. The lowest BCUT2D eigenvalue weighted by atomic mass is 9.97. The Morgan fingerprint density at radius 2 is 1.90 bits per heavy atom. The molecular weight excluding hydrogens is 412 g/mol. The maximum absolute atomic E-state index is 11.9. The molecule has 0 aliphatic carbocycles. The Balaban J connectivity index is 3.03. The Bertz CT molecular complexity index is 641. The summed E-state index contributed by atoms with van der Waals surface area (Å²) in [4.78, 5) is 16.5. The van der Waals surface area contributed by atoms with E-state index in [1.54, 1.807) is 5.38 Å². The predicted molar refractivity (Wildman–Crippen MR) is 130 cm³/mol. The van der Waals surface area contributed by atoms with Crippen LogP contribution in [0.3, 0.4) is 0 Å². The van der Waals surface area contributed by atoms with E-state index in [2.05, 4.69) is 64.9 Å². The fourth-order valence-electron chi connectivity index (χ4n) is 3.03. The van der Waals surface area contributed by atoms with Gasteiger partial charge in [0.2, 0.25) is 0 Å². The molecule has 2 unspecified atom stereocenters. The molecule has 0 aromatic carbocycles. The van der Waals surface area contributed by atoms with Gasteiger partial charge in [-0.25, -0.2) is 9.78 Å². The number of carbonyl (C=O) groups is 1. The van der Waals surface area contributed by atoms with Crippen LogP contribution in [-0.4, -0.2) is 39.0 Å². The van der Waals surface area contributed by atoms with Gasteiger partial charge in [0.05, 0.1) is 13.2 Å². The largest absolute Gasteiger partial charge is 0.464 e. The minimum absolute atomic E-state index is 0.106. The molecule has 0 saturated heterocycles. The third-order valence-electron chi connectivity index (χ3n) is 6.14. The molecule has 0 aliphatic rings. The van der Waals surface area contributed by atoms with Crippen LogP contribution < -0.4 is 5.32 Å². The molecule has 0 spiro atoms. The zero-order chi connectivity index (χ0) is 22.9. The molecule has 1 aromatic heterocycles. The van der Waals surface area contributed by atoms with Crippen LogP contribution >= 0.6 is 11.3 Å². The maximum Gasteiger partial charge on any atom is 0.357 e. The van der Waals surface area contributed by atoms with Crippen molar-refractivity contribution in [3.8, 4) is 0 Å². The SMILES string of the molecule is CCCCCCNC(CC(O[Si](C)(C)C(C)(C)C)c1nc(C(=O)OC)cs1)C(C)C. The second-order valence-electron chi connectivity index (χ2n) is 10.0. The number of rotatable bonds is 13. The summed E-state index contributed by atoms with van der Waals surface area (Å²) in [5.41, 5.74) is 0.370. The van der Waals surface area contributed by atoms with Crippen LogP contribution in [0.4, 0.5) is 0 Å². The molecule has 0 bridgehead atoms. The van der Waals surface area contributed by atoms with Crippen LogP contribution in [0.2, 0.25) is 18.1 Å². The van der Waals surface area contributed by atoms with E-state index in [9.17, 15) is 4.79 Å². The topological polar surface area (TPSA) is 60.5 Å². The highest BCUT2D eigenvalue weighted by Crippen LogP contribution is 2.41. The first-order chi connectivity index (χ1) is 13.9. The van der Waals surface area contributed by atoms with Crippen molar-refractivity contribution < 1.29 is 14.0 Å². The van der Waals surface area contributed by atoms with Crippen LogP contribution in [-0.2, 0) is 9.16 Å². The molecule has 1 heterocycles. The van der Waals surface area contributed by atoms with Crippen molar-refractivity contribution in [2.24, 2.45) is 5.92 Å². The van der Waals surface area contributed by atoms with Gasteiger partial charge in [-0.2, -0.15) is 0 Å². The third kappa shape index (κ3) is 8.40. The Kier molecular flexibility index (Phi) is 11.2. The monoisotopic (exact) mass is 456 g/mol. The standard InChI is InChI=1S/C23H44N2O3SSi/c1-10-11-12-13-14-24-18(17(2)3)15-20(28-30(8,9)23(4,5)6)21-25-19(16-29-21)22(26)27-7/h16-18,20,24H,10-15H2,1-9H3. The lowest BCUT2D eigenvalue weighted by Crippen LogP contribution is -2.44. The summed E-state index contributed by atoms with van der Waals surface area (Å²) < 4.78 is 11.7. The van der Waals surface area contributed by atoms with Gasteiger partial charge in [-0.15, -0.1) is 11.3 Å². The number of nitrogens with one attached hydrogen (secondary N) is 1. The van der Waals surface area contributed by atoms with Gasteiger partial charge in [0, 0.05) is 11.4 Å². The fourth-order valence-corrected chi connectivity index (χ4v) is 5.21. The lowest BCUT2D eigenvalue weighted by Gasteiger charge is -2.40. The molecule has 174 valence electrons. The summed E-state index contributed by atoms with van der Waals surface area (Å²) >= 11 is 1.50. The highest BCUT2D eigenvalue weighted by atomic mass is 32.1. The minimum Gasteiger partial charge on any atom is -0.464 e. The van der Waals surface area contributed by atoms with Crippen molar-refractivity contribution in [3.05, 3.63) is 16.1 Å². The number of hydrogen-bond acceptors (Lipinski definition) is 6. The van der Waals surface area contributed by atoms with Crippen LogP contribution in [0, 0.1) is 5.92 Å². The zero-order valence-corrected chi connectivity index (χ0v) is 22.4. The van der Waals surface area contributed by atoms with E-state index in [0.29, 0.717) is 17.7 Å². The summed E-state index contributed by atoms with van der Waals surface area (Å²) in [5.74, 6) is 0.0970. The molecule has 5 nitrogen and oxygen atoms in total. The zero-order valence-electron chi connectivity index (χ0n) is 20.6. The second-order valence-corrected chi connectivity index (χ2v) is 15.7. The first kappa shape index (κ1) is 27.3. The quantitative estimate of drug-likeness (QED) is 0.206. The van der Waals surface area contributed by atoms with Gasteiger partial charge in [-0.1, -0.05) is 60.8 Å². The predicted octanol–water partition coefficient (Wildman–Crippen LogP) is 6.58. The van der Waals surface area contributed by atoms with Crippen molar-refractivity contribution in [1.29, 1.82) is 0 Å². The average Bonchev–Trinajstić information content (AvgIpc) is 3.14. The lowest BCUT2D eigenvalue weighted by molar-refractivity contribution is 0.0594. The molecule has 1 N–H and O–H groups in total. The molecule has 7 heteroatoms. The molecule has 0 radical (unpaired) electrons. The van der Waals surface area contributed by atoms with E-state index in [4.69, 9.17) is 9.16 Å². The van der Waals surface area contributed by atoms with Crippen molar-refractivity contribution in [3.63, 3.8) is 0 Å². The highest BCUT2D eigenvalue weighted by Gasteiger charge is 2.40. The molecule has 0 saturated carbocycles. The number of unbranched alkanes of at least 4 members (excludes halogenated alkanes) is 3. The number of aromatic nitrogens is 1. The Labute approximate surface area is 189 Å². The fraction of sp³-hybridized carbons (Fsp3) is 0.826. The Hall–Kier alpha value is -0.763. The van der Waals surface area contributed by atoms with Crippen LogP contribution in [0.5, 0.6) is 0 Å². The van der Waals surface area contributed by atoms with Crippen LogP contribution in [0.15, 0.2) is 5.38 Å². The van der Waals surface area contributed by atoms with Gasteiger partial charge >= 0.3 is 5.97 Å². The number of ether oxygens (including phenoxy) is 1. The first-order valence-corrected chi connectivity index (χ1v) is 15.2. The summed E-state index contributed by atoms with van der Waals surface area (Å²) in [7, 11) is -0.614. The van der Waals surface area contributed by atoms with Crippen LogP contribution in [0.25, 0.3) is 0 Å². The molecule has 30 heavy (non-hydrogen) atoms. The highest BCUT2D eigenvalue weighted by molar-refractivity contribution is 7.09. The number of hydrogen-bond donors (Lipinski definition) is 1. The number of nitrogens with zero attached hydrogens (tertiary/aromatic N) is 1. The number of thiazole rings is 1. The number of methoxy groups -OCH3 is 1. The third-order valence-corrected chi connectivity index (χ3v) is 11.6. The normalized spacial score (nSPS) is 14.7.